The van der Waals surface area contributed by atoms with Gasteiger partial charge in [0, 0.05) is 6.42 Å². The van der Waals surface area contributed by atoms with E-state index >= 15 is 0 Å². The lowest BCUT2D eigenvalue weighted by atomic mass is 10.1. The van der Waals surface area contributed by atoms with Gasteiger partial charge in [-0.25, -0.2) is 0 Å². The van der Waals surface area contributed by atoms with Gasteiger partial charge in [0.2, 0.25) is 0 Å². The topological polar surface area (TPSA) is 62.1 Å². The van der Waals surface area contributed by atoms with E-state index in [9.17, 15) is 4.79 Å². The maximum Gasteiger partial charge on any atom is 0.266 e. The predicted octanol–water partition coefficient (Wildman–Crippen LogP) is 2.56. The minimum absolute atomic E-state index is 0.213. The van der Waals surface area contributed by atoms with E-state index < -0.39 is 6.10 Å². The van der Waals surface area contributed by atoms with E-state index in [0.717, 1.165) is 11.3 Å². The summed E-state index contributed by atoms with van der Waals surface area (Å²) < 4.78 is 5.60. The third-order valence-corrected chi connectivity index (χ3v) is 3.79. The molecule has 1 aliphatic heterocycles. The van der Waals surface area contributed by atoms with E-state index in [1.54, 1.807) is 11.4 Å². The minimum Gasteiger partial charge on any atom is -0.480 e. The molecule has 1 atom stereocenters. The number of carbonyl (C=O) groups excluding carboxylic acids is 1. The average molecular weight is 270 g/mol. The van der Waals surface area contributed by atoms with Crippen molar-refractivity contribution >= 4 is 22.2 Å². The normalized spacial score (nSPS) is 16.3. The Morgan fingerprint density at radius 3 is 3.05 bits per heavy atom. The Morgan fingerprint density at radius 2 is 2.26 bits per heavy atom. The predicted molar refractivity (Wildman–Crippen MR) is 72.2 cm³/mol. The summed E-state index contributed by atoms with van der Waals surface area (Å²) in [5.41, 5.74) is 1.52. The molecule has 0 saturated carbocycles. The lowest BCUT2D eigenvalue weighted by molar-refractivity contribution is -0.122. The fraction of sp³-hybridized carbons (Fsp3) is 0.143. The van der Waals surface area contributed by atoms with Gasteiger partial charge >= 0.3 is 0 Å². The Morgan fingerprint density at radius 1 is 1.42 bits per heavy atom. The van der Waals surface area contributed by atoms with Crippen molar-refractivity contribution in [2.75, 3.05) is 5.32 Å². The number of nitrogens with one attached hydrogen (secondary N) is 1. The SMILES string of the molecule is N#Cc1ccsc1NC(=O)[C@@H]1Cc2ccccc2O1. The standard InChI is InChI=1S/C14H10N2O2S/c15-8-10-5-6-19-14(10)16-13(17)12-7-9-3-1-2-4-11(9)18-12/h1-6,12H,7H2,(H,16,17)/t12-/m0/s1. The zero-order chi connectivity index (χ0) is 13.2. The van der Waals surface area contributed by atoms with Crippen LogP contribution in [0.15, 0.2) is 35.7 Å². The molecule has 1 aliphatic rings. The van der Waals surface area contributed by atoms with Gasteiger partial charge in [-0.2, -0.15) is 5.26 Å². The Kier molecular flexibility index (Phi) is 2.94. The molecule has 4 nitrogen and oxygen atoms in total. The summed E-state index contributed by atoms with van der Waals surface area (Å²) in [6.45, 7) is 0. The van der Waals surface area contributed by atoms with Gasteiger partial charge in [0.1, 0.15) is 16.8 Å². The highest BCUT2D eigenvalue weighted by molar-refractivity contribution is 7.14. The van der Waals surface area contributed by atoms with E-state index in [1.807, 2.05) is 30.3 Å². The quantitative estimate of drug-likeness (QED) is 0.912. The Balaban J connectivity index is 1.72. The summed E-state index contributed by atoms with van der Waals surface area (Å²) in [5, 5.41) is 14.0. The first-order valence-corrected chi connectivity index (χ1v) is 6.69. The molecule has 2 heterocycles. The van der Waals surface area contributed by atoms with Crippen LogP contribution in [0, 0.1) is 11.3 Å². The molecule has 19 heavy (non-hydrogen) atoms. The number of anilines is 1. The molecular weight excluding hydrogens is 260 g/mol. The Labute approximate surface area is 114 Å². The lowest BCUT2D eigenvalue weighted by Gasteiger charge is -2.10. The van der Waals surface area contributed by atoms with Crippen LogP contribution in [-0.4, -0.2) is 12.0 Å². The molecular formula is C14H10N2O2S. The van der Waals surface area contributed by atoms with Gasteiger partial charge in [-0.3, -0.25) is 4.79 Å². The van der Waals surface area contributed by atoms with Gasteiger partial charge in [0.15, 0.2) is 6.10 Å². The molecule has 94 valence electrons. The van der Waals surface area contributed by atoms with Gasteiger partial charge in [-0.05, 0) is 23.1 Å². The molecule has 0 unspecified atom stereocenters. The molecule has 1 amide bonds. The zero-order valence-electron chi connectivity index (χ0n) is 9.92. The van der Waals surface area contributed by atoms with E-state index in [1.165, 1.54) is 11.3 Å². The number of ether oxygens (including phenoxy) is 1. The number of thiophene rings is 1. The molecule has 0 fully saturated rings. The lowest BCUT2D eigenvalue weighted by Crippen LogP contribution is -2.31. The number of para-hydroxylation sites is 1. The fourth-order valence-corrected chi connectivity index (χ4v) is 2.76. The molecule has 0 radical (unpaired) electrons. The van der Waals surface area contributed by atoms with Gasteiger partial charge in [0.05, 0.1) is 5.56 Å². The number of hydrogen-bond donors (Lipinski definition) is 1. The number of benzene rings is 1. The number of carbonyl (C=O) groups is 1. The van der Waals surface area contributed by atoms with Crippen molar-refractivity contribution in [3.05, 3.63) is 46.8 Å². The van der Waals surface area contributed by atoms with E-state index in [2.05, 4.69) is 5.32 Å². The average Bonchev–Trinajstić information content (AvgIpc) is 3.03. The maximum atomic E-state index is 12.1. The molecule has 0 spiro atoms. The monoisotopic (exact) mass is 270 g/mol. The third kappa shape index (κ3) is 2.18. The van der Waals surface area contributed by atoms with Crippen molar-refractivity contribution in [3.63, 3.8) is 0 Å². The number of amides is 1. The van der Waals surface area contributed by atoms with Crippen LogP contribution in [0.1, 0.15) is 11.1 Å². The summed E-state index contributed by atoms with van der Waals surface area (Å²) in [4.78, 5) is 12.1. The van der Waals surface area contributed by atoms with Crippen molar-refractivity contribution in [2.45, 2.75) is 12.5 Å². The number of rotatable bonds is 2. The smallest absolute Gasteiger partial charge is 0.266 e. The first kappa shape index (κ1) is 11.8. The molecule has 1 N–H and O–H groups in total. The van der Waals surface area contributed by atoms with Gasteiger partial charge in [-0.1, -0.05) is 18.2 Å². The third-order valence-electron chi connectivity index (χ3n) is 2.96. The summed E-state index contributed by atoms with van der Waals surface area (Å²) in [6.07, 6.45) is 0.0426. The van der Waals surface area contributed by atoms with Crippen molar-refractivity contribution < 1.29 is 9.53 Å². The number of hydrogen-bond acceptors (Lipinski definition) is 4. The molecule has 3 rings (SSSR count). The molecule has 2 aromatic rings. The number of nitrogens with zero attached hydrogens (tertiary/aromatic N) is 1. The van der Waals surface area contributed by atoms with Crippen LogP contribution in [-0.2, 0) is 11.2 Å². The second kappa shape index (κ2) is 4.75. The van der Waals surface area contributed by atoms with Crippen molar-refractivity contribution in [3.8, 4) is 11.8 Å². The molecule has 1 aromatic heterocycles. The maximum absolute atomic E-state index is 12.1. The second-order valence-corrected chi connectivity index (χ2v) is 5.10. The van der Waals surface area contributed by atoms with Crippen LogP contribution in [0.4, 0.5) is 5.00 Å². The van der Waals surface area contributed by atoms with E-state index in [4.69, 9.17) is 10.00 Å². The highest BCUT2D eigenvalue weighted by Crippen LogP contribution is 2.29. The molecule has 1 aromatic carbocycles. The van der Waals surface area contributed by atoms with Crippen LogP contribution in [0.25, 0.3) is 0 Å². The van der Waals surface area contributed by atoms with Crippen molar-refractivity contribution in [1.29, 1.82) is 5.26 Å². The first-order chi connectivity index (χ1) is 9.28. The fourth-order valence-electron chi connectivity index (χ4n) is 2.01. The summed E-state index contributed by atoms with van der Waals surface area (Å²) in [7, 11) is 0. The number of fused-ring (bicyclic) bond motifs is 1. The molecule has 0 bridgehead atoms. The summed E-state index contributed by atoms with van der Waals surface area (Å²) in [6, 6.07) is 11.3. The largest absolute Gasteiger partial charge is 0.480 e. The van der Waals surface area contributed by atoms with Crippen LogP contribution in [0.3, 0.4) is 0 Å². The van der Waals surface area contributed by atoms with Crippen molar-refractivity contribution in [2.24, 2.45) is 0 Å². The first-order valence-electron chi connectivity index (χ1n) is 5.81. The van der Waals surface area contributed by atoms with E-state index in [0.29, 0.717) is 17.0 Å². The van der Waals surface area contributed by atoms with Gasteiger partial charge in [-0.15, -0.1) is 11.3 Å². The van der Waals surface area contributed by atoms with Crippen LogP contribution in [0.5, 0.6) is 5.75 Å². The summed E-state index contributed by atoms with van der Waals surface area (Å²) in [5.74, 6) is 0.546. The molecule has 5 heteroatoms. The Bertz CT molecular complexity index is 647. The minimum atomic E-state index is -0.522. The number of nitriles is 1. The summed E-state index contributed by atoms with van der Waals surface area (Å²) >= 11 is 1.34. The Hall–Kier alpha value is -2.32. The van der Waals surface area contributed by atoms with Gasteiger partial charge in [0.25, 0.3) is 5.91 Å². The highest BCUT2D eigenvalue weighted by Gasteiger charge is 2.29. The second-order valence-electron chi connectivity index (χ2n) is 4.18. The molecule has 0 aliphatic carbocycles. The van der Waals surface area contributed by atoms with Gasteiger partial charge < -0.3 is 10.1 Å². The zero-order valence-corrected chi connectivity index (χ0v) is 10.7. The van der Waals surface area contributed by atoms with Crippen LogP contribution in [0.2, 0.25) is 0 Å². The van der Waals surface area contributed by atoms with Crippen LogP contribution >= 0.6 is 11.3 Å². The molecule has 0 saturated heterocycles. The van der Waals surface area contributed by atoms with E-state index in [-0.39, 0.29) is 5.91 Å². The van der Waals surface area contributed by atoms with Crippen LogP contribution < -0.4 is 10.1 Å². The van der Waals surface area contributed by atoms with Crippen molar-refractivity contribution in [1.82, 2.24) is 0 Å². The highest BCUT2D eigenvalue weighted by atomic mass is 32.1.